The highest BCUT2D eigenvalue weighted by Crippen LogP contribution is 2.08. The molecule has 24 heavy (non-hydrogen) atoms. The van der Waals surface area contributed by atoms with Crippen molar-refractivity contribution in [2.45, 2.75) is 25.8 Å². The zero-order valence-corrected chi connectivity index (χ0v) is 13.4. The molecule has 0 spiro atoms. The van der Waals surface area contributed by atoms with E-state index in [1.807, 2.05) is 0 Å². The van der Waals surface area contributed by atoms with Crippen molar-refractivity contribution in [2.75, 3.05) is 19.6 Å². The van der Waals surface area contributed by atoms with Crippen LogP contribution in [0.25, 0.3) is 10.9 Å². The van der Waals surface area contributed by atoms with Crippen LogP contribution in [-0.2, 0) is 16.1 Å². The highest BCUT2D eigenvalue weighted by atomic mass is 16.2. The summed E-state index contributed by atoms with van der Waals surface area (Å²) < 4.78 is 1.25. The Morgan fingerprint density at radius 1 is 1.12 bits per heavy atom. The molecule has 1 aromatic carbocycles. The molecule has 7 nitrogen and oxygen atoms in total. The molecule has 1 fully saturated rings. The Balaban J connectivity index is 1.60. The molecule has 0 unspecified atom stereocenters. The summed E-state index contributed by atoms with van der Waals surface area (Å²) in [4.78, 5) is 42.3. The van der Waals surface area contributed by atoms with E-state index < -0.39 is 0 Å². The number of aromatic nitrogens is 2. The van der Waals surface area contributed by atoms with E-state index in [1.165, 1.54) is 10.9 Å². The van der Waals surface area contributed by atoms with E-state index in [2.05, 4.69) is 10.3 Å². The van der Waals surface area contributed by atoms with Crippen LogP contribution in [0, 0.1) is 0 Å². The van der Waals surface area contributed by atoms with E-state index >= 15 is 0 Å². The average Bonchev–Trinajstić information content (AvgIpc) is 2.63. The summed E-state index contributed by atoms with van der Waals surface area (Å²) in [5.41, 5.74) is 0.331. The SMILES string of the molecule is O=C(Cn1cnc2ccccc2c1=O)NCC(=O)N1CCCCC1. The fourth-order valence-electron chi connectivity index (χ4n) is 2.86. The van der Waals surface area contributed by atoms with Crippen LogP contribution in [0.2, 0.25) is 0 Å². The first-order valence-corrected chi connectivity index (χ1v) is 8.14. The number of amides is 2. The maximum absolute atomic E-state index is 12.3. The van der Waals surface area contributed by atoms with Gasteiger partial charge in [-0.05, 0) is 31.4 Å². The van der Waals surface area contributed by atoms with Crippen molar-refractivity contribution in [1.82, 2.24) is 19.8 Å². The van der Waals surface area contributed by atoms with E-state index in [1.54, 1.807) is 29.2 Å². The summed E-state index contributed by atoms with van der Waals surface area (Å²) >= 11 is 0. The standard InChI is InChI=1S/C17H20N4O3/c22-15(18-10-16(23)20-8-4-1-5-9-20)11-21-12-19-14-7-3-2-6-13(14)17(21)24/h2-3,6-7,12H,1,4-5,8-11H2,(H,18,22). The van der Waals surface area contributed by atoms with E-state index in [4.69, 9.17) is 0 Å². The molecule has 3 rings (SSSR count). The second-order valence-electron chi connectivity index (χ2n) is 5.91. The van der Waals surface area contributed by atoms with Gasteiger partial charge in [0.25, 0.3) is 5.56 Å². The highest BCUT2D eigenvalue weighted by Gasteiger charge is 2.17. The fourth-order valence-corrected chi connectivity index (χ4v) is 2.86. The van der Waals surface area contributed by atoms with Gasteiger partial charge in [-0.1, -0.05) is 12.1 Å². The lowest BCUT2D eigenvalue weighted by Crippen LogP contribution is -2.43. The minimum atomic E-state index is -0.375. The predicted octanol–water partition coefficient (Wildman–Crippen LogP) is 0.525. The number of rotatable bonds is 4. The van der Waals surface area contributed by atoms with Crippen molar-refractivity contribution >= 4 is 22.7 Å². The monoisotopic (exact) mass is 328 g/mol. The molecular weight excluding hydrogens is 308 g/mol. The number of piperidine rings is 1. The third-order valence-electron chi connectivity index (χ3n) is 4.19. The summed E-state index contributed by atoms with van der Waals surface area (Å²) in [7, 11) is 0. The lowest BCUT2D eigenvalue weighted by molar-refractivity contribution is -0.133. The molecule has 1 saturated heterocycles. The van der Waals surface area contributed by atoms with Crippen molar-refractivity contribution in [3.8, 4) is 0 Å². The molecule has 0 atom stereocenters. The van der Waals surface area contributed by atoms with E-state index in [0.29, 0.717) is 10.9 Å². The normalized spacial score (nSPS) is 14.6. The van der Waals surface area contributed by atoms with Gasteiger partial charge in [-0.25, -0.2) is 4.98 Å². The van der Waals surface area contributed by atoms with Gasteiger partial charge in [-0.15, -0.1) is 0 Å². The summed E-state index contributed by atoms with van der Waals surface area (Å²) in [5, 5.41) is 3.06. The van der Waals surface area contributed by atoms with Gasteiger partial charge in [-0.3, -0.25) is 19.0 Å². The Morgan fingerprint density at radius 3 is 2.67 bits per heavy atom. The lowest BCUT2D eigenvalue weighted by atomic mass is 10.1. The summed E-state index contributed by atoms with van der Waals surface area (Å²) in [6, 6.07) is 6.99. The zero-order valence-electron chi connectivity index (χ0n) is 13.4. The van der Waals surface area contributed by atoms with Gasteiger partial charge < -0.3 is 10.2 Å². The van der Waals surface area contributed by atoms with Crippen LogP contribution in [0.1, 0.15) is 19.3 Å². The lowest BCUT2D eigenvalue weighted by Gasteiger charge is -2.26. The molecule has 1 aliphatic rings. The summed E-state index contributed by atoms with van der Waals surface area (Å²) in [5.74, 6) is -0.452. The Labute approximate surface area is 139 Å². The molecule has 2 amide bonds. The second kappa shape index (κ2) is 7.25. The molecule has 0 saturated carbocycles. The number of carbonyl (C=O) groups is 2. The number of fused-ring (bicyclic) bond motifs is 1. The largest absolute Gasteiger partial charge is 0.345 e. The third kappa shape index (κ3) is 3.61. The third-order valence-corrected chi connectivity index (χ3v) is 4.19. The molecule has 0 bridgehead atoms. The molecule has 2 aromatic rings. The van der Waals surface area contributed by atoms with Crippen molar-refractivity contribution in [3.63, 3.8) is 0 Å². The van der Waals surface area contributed by atoms with E-state index in [9.17, 15) is 14.4 Å². The molecule has 1 aromatic heterocycles. The first kappa shape index (κ1) is 16.2. The molecule has 0 radical (unpaired) electrons. The van der Waals surface area contributed by atoms with Crippen LogP contribution in [-0.4, -0.2) is 45.9 Å². The van der Waals surface area contributed by atoms with Gasteiger partial charge in [0.2, 0.25) is 11.8 Å². The van der Waals surface area contributed by atoms with Crippen LogP contribution in [0.5, 0.6) is 0 Å². The number of nitrogens with one attached hydrogen (secondary N) is 1. The first-order chi connectivity index (χ1) is 11.6. The maximum atomic E-state index is 12.3. The summed E-state index contributed by atoms with van der Waals surface area (Å²) in [6.07, 6.45) is 4.53. The van der Waals surface area contributed by atoms with E-state index in [-0.39, 0.29) is 30.5 Å². The molecule has 126 valence electrons. The smallest absolute Gasteiger partial charge is 0.261 e. The van der Waals surface area contributed by atoms with Crippen LogP contribution < -0.4 is 10.9 Å². The molecule has 2 heterocycles. The number of benzene rings is 1. The van der Waals surface area contributed by atoms with Crippen molar-refractivity contribution < 1.29 is 9.59 Å². The van der Waals surface area contributed by atoms with Gasteiger partial charge in [0.1, 0.15) is 6.54 Å². The number of carbonyl (C=O) groups excluding carboxylic acids is 2. The highest BCUT2D eigenvalue weighted by molar-refractivity contribution is 5.85. The number of likely N-dealkylation sites (tertiary alicyclic amines) is 1. The van der Waals surface area contributed by atoms with Crippen LogP contribution >= 0.6 is 0 Å². The molecule has 7 heteroatoms. The number of hydrogen-bond acceptors (Lipinski definition) is 4. The average molecular weight is 328 g/mol. The Kier molecular flexibility index (Phi) is 4.88. The van der Waals surface area contributed by atoms with Crippen molar-refractivity contribution in [2.24, 2.45) is 0 Å². The number of para-hydroxylation sites is 1. The quantitative estimate of drug-likeness (QED) is 0.887. The summed E-state index contributed by atoms with van der Waals surface area (Å²) in [6.45, 7) is 1.32. The van der Waals surface area contributed by atoms with Crippen molar-refractivity contribution in [1.29, 1.82) is 0 Å². The Hall–Kier alpha value is -2.70. The fraction of sp³-hybridized carbons (Fsp3) is 0.412. The minimum absolute atomic E-state index is 0.0331. The van der Waals surface area contributed by atoms with E-state index in [0.717, 1.165) is 32.4 Å². The molecular formula is C17H20N4O3. The Bertz CT molecular complexity index is 809. The predicted molar refractivity (Wildman–Crippen MR) is 89.4 cm³/mol. The van der Waals surface area contributed by atoms with Gasteiger partial charge in [0, 0.05) is 13.1 Å². The number of nitrogens with zero attached hydrogens (tertiary/aromatic N) is 3. The first-order valence-electron chi connectivity index (χ1n) is 8.14. The maximum Gasteiger partial charge on any atom is 0.261 e. The van der Waals surface area contributed by atoms with Gasteiger partial charge in [0.05, 0.1) is 23.8 Å². The van der Waals surface area contributed by atoms with Gasteiger partial charge in [-0.2, -0.15) is 0 Å². The topological polar surface area (TPSA) is 84.3 Å². The van der Waals surface area contributed by atoms with Crippen LogP contribution in [0.3, 0.4) is 0 Å². The number of hydrogen-bond donors (Lipinski definition) is 1. The van der Waals surface area contributed by atoms with Crippen LogP contribution in [0.4, 0.5) is 0 Å². The molecule has 1 aliphatic heterocycles. The van der Waals surface area contributed by atoms with Crippen molar-refractivity contribution in [3.05, 3.63) is 40.9 Å². The second-order valence-corrected chi connectivity index (χ2v) is 5.91. The minimum Gasteiger partial charge on any atom is -0.345 e. The zero-order chi connectivity index (χ0) is 16.9. The van der Waals surface area contributed by atoms with Gasteiger partial charge in [0.15, 0.2) is 0 Å². The molecule has 0 aliphatic carbocycles. The van der Waals surface area contributed by atoms with Crippen LogP contribution in [0.15, 0.2) is 35.4 Å². The molecule has 1 N–H and O–H groups in total. The Morgan fingerprint density at radius 2 is 1.88 bits per heavy atom. The van der Waals surface area contributed by atoms with Gasteiger partial charge >= 0.3 is 0 Å².